The van der Waals surface area contributed by atoms with E-state index in [0.29, 0.717) is 5.41 Å². The van der Waals surface area contributed by atoms with Gasteiger partial charge in [0.2, 0.25) is 0 Å². The molecule has 1 atom stereocenters. The van der Waals surface area contributed by atoms with E-state index in [1.807, 2.05) is 0 Å². The second kappa shape index (κ2) is 8.13. The topological polar surface area (TPSA) is 18.5 Å². The van der Waals surface area contributed by atoms with Gasteiger partial charge in [0.1, 0.15) is 0 Å². The third-order valence-electron chi connectivity index (χ3n) is 4.40. The van der Waals surface area contributed by atoms with Crippen LogP contribution in [0.15, 0.2) is 0 Å². The average Bonchev–Trinajstić information content (AvgIpc) is 2.38. The van der Waals surface area contributed by atoms with Crippen LogP contribution in [0.25, 0.3) is 0 Å². The van der Waals surface area contributed by atoms with Crippen LogP contribution >= 0.6 is 0 Å². The van der Waals surface area contributed by atoms with E-state index in [0.717, 1.165) is 0 Å². The first-order valence-corrected chi connectivity index (χ1v) is 7.69. The summed E-state index contributed by atoms with van der Waals surface area (Å²) in [6.45, 7) is 12.0. The molecule has 108 valence electrons. The molecule has 0 bridgehead atoms. The van der Waals surface area contributed by atoms with Gasteiger partial charge in [-0.25, -0.2) is 0 Å². The highest BCUT2D eigenvalue weighted by Gasteiger charge is 2.31. The summed E-state index contributed by atoms with van der Waals surface area (Å²) in [6, 6.07) is 0. The van der Waals surface area contributed by atoms with E-state index in [-0.39, 0.29) is 0 Å². The van der Waals surface area contributed by atoms with Crippen molar-refractivity contribution in [1.29, 1.82) is 0 Å². The summed E-state index contributed by atoms with van der Waals surface area (Å²) in [6.07, 6.45) is 5.35. The van der Waals surface area contributed by atoms with Crippen molar-refractivity contribution < 1.29 is 0 Å². The summed E-state index contributed by atoms with van der Waals surface area (Å²) in [5.41, 5.74) is 0.534. The Kier molecular flexibility index (Phi) is 7.20. The third kappa shape index (κ3) is 5.25. The van der Waals surface area contributed by atoms with Crippen LogP contribution in [0.2, 0.25) is 0 Å². The number of nitrogens with zero attached hydrogens (tertiary/aromatic N) is 2. The molecule has 1 saturated heterocycles. The minimum Gasteiger partial charge on any atom is -0.316 e. The van der Waals surface area contributed by atoms with E-state index >= 15 is 0 Å². The van der Waals surface area contributed by atoms with Gasteiger partial charge in [-0.2, -0.15) is 0 Å². The highest BCUT2D eigenvalue weighted by molar-refractivity contribution is 4.87. The number of nitrogens with one attached hydrogen (secondary N) is 1. The molecule has 0 aromatic carbocycles. The molecule has 0 radical (unpaired) electrons. The summed E-state index contributed by atoms with van der Waals surface area (Å²) < 4.78 is 0. The van der Waals surface area contributed by atoms with Gasteiger partial charge in [-0.3, -0.25) is 0 Å². The molecule has 3 heteroatoms. The molecule has 1 fully saturated rings. The van der Waals surface area contributed by atoms with E-state index in [9.17, 15) is 0 Å². The first-order chi connectivity index (χ1) is 8.62. The average molecular weight is 255 g/mol. The molecule has 0 amide bonds. The second-order valence-corrected chi connectivity index (χ2v) is 6.16. The fourth-order valence-corrected chi connectivity index (χ4v) is 3.01. The maximum Gasteiger partial charge on any atom is 0.00499 e. The van der Waals surface area contributed by atoms with Crippen LogP contribution < -0.4 is 5.32 Å². The molecule has 0 aromatic rings. The van der Waals surface area contributed by atoms with Crippen molar-refractivity contribution in [3.8, 4) is 0 Å². The summed E-state index contributed by atoms with van der Waals surface area (Å²) in [5, 5.41) is 3.60. The van der Waals surface area contributed by atoms with Crippen LogP contribution in [-0.2, 0) is 0 Å². The maximum absolute atomic E-state index is 3.60. The number of hydrogen-bond acceptors (Lipinski definition) is 3. The van der Waals surface area contributed by atoms with Crippen molar-refractivity contribution >= 4 is 0 Å². The molecule has 18 heavy (non-hydrogen) atoms. The van der Waals surface area contributed by atoms with Gasteiger partial charge in [-0.15, -0.1) is 0 Å². The zero-order valence-corrected chi connectivity index (χ0v) is 13.0. The van der Waals surface area contributed by atoms with Gasteiger partial charge in [0.15, 0.2) is 0 Å². The first-order valence-electron chi connectivity index (χ1n) is 7.69. The van der Waals surface area contributed by atoms with Gasteiger partial charge >= 0.3 is 0 Å². The zero-order valence-electron chi connectivity index (χ0n) is 13.0. The molecule has 1 rings (SSSR count). The molecule has 0 aliphatic carbocycles. The molecule has 0 saturated carbocycles. The Morgan fingerprint density at radius 2 is 1.94 bits per heavy atom. The zero-order chi connectivity index (χ0) is 13.4. The van der Waals surface area contributed by atoms with Crippen molar-refractivity contribution in [2.24, 2.45) is 5.41 Å². The molecular formula is C15H33N3. The molecule has 1 aliphatic heterocycles. The van der Waals surface area contributed by atoms with Gasteiger partial charge in [0.05, 0.1) is 0 Å². The third-order valence-corrected chi connectivity index (χ3v) is 4.40. The Balaban J connectivity index is 2.39. The van der Waals surface area contributed by atoms with Gasteiger partial charge in [0.25, 0.3) is 0 Å². The van der Waals surface area contributed by atoms with Crippen LogP contribution in [-0.4, -0.2) is 63.2 Å². The summed E-state index contributed by atoms with van der Waals surface area (Å²) in [5.74, 6) is 0. The number of rotatable bonds is 8. The van der Waals surface area contributed by atoms with Gasteiger partial charge in [0, 0.05) is 13.1 Å². The van der Waals surface area contributed by atoms with Crippen molar-refractivity contribution in [2.45, 2.75) is 39.5 Å². The van der Waals surface area contributed by atoms with Gasteiger partial charge in [-0.1, -0.05) is 13.8 Å². The minimum absolute atomic E-state index is 0.534. The van der Waals surface area contributed by atoms with Crippen molar-refractivity contribution in [3.63, 3.8) is 0 Å². The molecule has 0 aromatic heterocycles. The largest absolute Gasteiger partial charge is 0.316 e. The van der Waals surface area contributed by atoms with Crippen LogP contribution in [0.5, 0.6) is 0 Å². The van der Waals surface area contributed by atoms with Crippen LogP contribution in [0, 0.1) is 5.41 Å². The van der Waals surface area contributed by atoms with E-state index < -0.39 is 0 Å². The van der Waals surface area contributed by atoms with Gasteiger partial charge < -0.3 is 15.1 Å². The number of piperidine rings is 1. The highest BCUT2D eigenvalue weighted by Crippen LogP contribution is 2.31. The lowest BCUT2D eigenvalue weighted by Crippen LogP contribution is -2.47. The highest BCUT2D eigenvalue weighted by atomic mass is 15.1. The Morgan fingerprint density at radius 1 is 1.17 bits per heavy atom. The standard InChI is InChI=1S/C15H33N3/c1-5-15(9-7-10-16-13-15)14-18(6-2)12-8-11-17(3)4/h16H,5-14H2,1-4H3. The Morgan fingerprint density at radius 3 is 2.44 bits per heavy atom. The van der Waals surface area contributed by atoms with E-state index in [2.05, 4.69) is 43.1 Å². The molecule has 1 N–H and O–H groups in total. The fraction of sp³-hybridized carbons (Fsp3) is 1.00. The second-order valence-electron chi connectivity index (χ2n) is 6.16. The Bertz CT molecular complexity index is 210. The minimum atomic E-state index is 0.534. The summed E-state index contributed by atoms with van der Waals surface area (Å²) in [4.78, 5) is 4.94. The smallest absolute Gasteiger partial charge is 0.00499 e. The quantitative estimate of drug-likeness (QED) is 0.716. The van der Waals surface area contributed by atoms with E-state index in [1.165, 1.54) is 65.0 Å². The molecule has 3 nitrogen and oxygen atoms in total. The maximum atomic E-state index is 3.60. The normalized spacial score (nSPS) is 25.0. The van der Waals surface area contributed by atoms with Crippen molar-refractivity contribution in [2.75, 3.05) is 53.4 Å². The monoisotopic (exact) mass is 255 g/mol. The Labute approximate surface area is 114 Å². The van der Waals surface area contributed by atoms with Crippen LogP contribution in [0.3, 0.4) is 0 Å². The lowest BCUT2D eigenvalue weighted by Gasteiger charge is -2.41. The summed E-state index contributed by atoms with van der Waals surface area (Å²) in [7, 11) is 4.32. The Hall–Kier alpha value is -0.120. The van der Waals surface area contributed by atoms with Crippen LogP contribution in [0.1, 0.15) is 39.5 Å². The molecule has 1 unspecified atom stereocenters. The predicted molar refractivity (Wildman–Crippen MR) is 80.1 cm³/mol. The SMILES string of the molecule is CCN(CCCN(C)C)CC1(CC)CCCNC1. The molecule has 1 heterocycles. The fourth-order valence-electron chi connectivity index (χ4n) is 3.01. The molecule has 1 aliphatic rings. The molecule has 0 spiro atoms. The molecular weight excluding hydrogens is 222 g/mol. The van der Waals surface area contributed by atoms with E-state index in [1.54, 1.807) is 0 Å². The van der Waals surface area contributed by atoms with Crippen molar-refractivity contribution in [1.82, 2.24) is 15.1 Å². The van der Waals surface area contributed by atoms with Gasteiger partial charge in [-0.05, 0) is 71.4 Å². The lowest BCUT2D eigenvalue weighted by molar-refractivity contribution is 0.112. The van der Waals surface area contributed by atoms with Crippen molar-refractivity contribution in [3.05, 3.63) is 0 Å². The van der Waals surface area contributed by atoms with E-state index in [4.69, 9.17) is 0 Å². The number of hydrogen-bond donors (Lipinski definition) is 1. The summed E-state index contributed by atoms with van der Waals surface area (Å²) >= 11 is 0. The predicted octanol–water partition coefficient (Wildman–Crippen LogP) is 2.04. The lowest BCUT2D eigenvalue weighted by atomic mass is 9.78. The van der Waals surface area contributed by atoms with Crippen LogP contribution in [0.4, 0.5) is 0 Å². The first kappa shape index (κ1) is 15.9.